The smallest absolute Gasteiger partial charge is 0.328 e. The average molecular weight is 609 g/mol. The first-order valence-corrected chi connectivity index (χ1v) is 15.0. The normalized spacial score (nSPS) is 11.4. The number of hydrogen-bond donors (Lipinski definition) is 1. The molecule has 0 saturated carbocycles. The summed E-state index contributed by atoms with van der Waals surface area (Å²) >= 11 is 0. The number of nitrogens with zero attached hydrogens (tertiary/aromatic N) is 1. The van der Waals surface area contributed by atoms with Crippen molar-refractivity contribution in [2.24, 2.45) is 5.92 Å². The summed E-state index contributed by atoms with van der Waals surface area (Å²) in [6.07, 6.45) is 0.958. The van der Waals surface area contributed by atoms with Gasteiger partial charge in [-0.15, -0.1) is 0 Å². The van der Waals surface area contributed by atoms with Gasteiger partial charge in [0.2, 0.25) is 5.91 Å². The van der Waals surface area contributed by atoms with Gasteiger partial charge >= 0.3 is 5.97 Å². The fourth-order valence-electron chi connectivity index (χ4n) is 4.96. The van der Waals surface area contributed by atoms with E-state index in [1.54, 1.807) is 42.3 Å². The molecule has 0 radical (unpaired) electrons. The number of methoxy groups -OCH3 is 2. The van der Waals surface area contributed by atoms with E-state index in [0.29, 0.717) is 54.3 Å². The minimum Gasteiger partial charge on any atom is -0.495 e. The molecule has 234 valence electrons. The summed E-state index contributed by atoms with van der Waals surface area (Å²) < 4.78 is 16.6. The topological polar surface area (TPSA) is 94.2 Å². The quantitative estimate of drug-likeness (QED) is 0.0926. The van der Waals surface area contributed by atoms with Gasteiger partial charge in [-0.1, -0.05) is 80.6 Å². The summed E-state index contributed by atoms with van der Waals surface area (Å²) in [7, 11) is 2.94. The molecule has 4 rings (SSSR count). The lowest BCUT2D eigenvalue weighted by Gasteiger charge is -2.26. The highest BCUT2D eigenvalue weighted by Crippen LogP contribution is 2.29. The Morgan fingerprint density at radius 3 is 2.16 bits per heavy atom. The number of anilines is 2. The first kappa shape index (κ1) is 32.8. The zero-order valence-electron chi connectivity index (χ0n) is 26.2. The van der Waals surface area contributed by atoms with Gasteiger partial charge in [-0.05, 0) is 48.4 Å². The molecule has 0 aliphatic carbocycles. The van der Waals surface area contributed by atoms with Crippen LogP contribution >= 0.6 is 0 Å². The number of carbonyl (C=O) groups excluding carboxylic acids is 3. The first-order valence-electron chi connectivity index (χ1n) is 15.0. The van der Waals surface area contributed by atoms with Crippen LogP contribution in [0.3, 0.4) is 0 Å². The molecule has 0 aliphatic rings. The molecule has 0 aliphatic heterocycles. The number of ketones is 1. The van der Waals surface area contributed by atoms with E-state index in [1.807, 2.05) is 86.6 Å². The summed E-state index contributed by atoms with van der Waals surface area (Å²) in [5, 5.41) is 3.24. The second-order valence-electron chi connectivity index (χ2n) is 10.8. The molecule has 0 saturated heterocycles. The molecular weight excluding hydrogens is 568 g/mol. The number of rotatable bonds is 15. The fraction of sp³-hybridized carbons (Fsp3) is 0.270. The van der Waals surface area contributed by atoms with Gasteiger partial charge < -0.3 is 24.4 Å². The summed E-state index contributed by atoms with van der Waals surface area (Å²) in [5.41, 5.74) is 3.22. The van der Waals surface area contributed by atoms with Gasteiger partial charge in [-0.3, -0.25) is 9.59 Å². The van der Waals surface area contributed by atoms with Crippen molar-refractivity contribution >= 4 is 29.0 Å². The number of ether oxygens (including phenoxy) is 3. The molecule has 45 heavy (non-hydrogen) atoms. The highest BCUT2D eigenvalue weighted by Gasteiger charge is 2.23. The lowest BCUT2D eigenvalue weighted by Crippen LogP contribution is -2.36. The third-order valence-electron chi connectivity index (χ3n) is 7.32. The number of carbonyl (C=O) groups is 3. The minimum atomic E-state index is -0.717. The average Bonchev–Trinajstić information content (AvgIpc) is 3.08. The molecule has 4 aromatic rings. The summed E-state index contributed by atoms with van der Waals surface area (Å²) in [6.45, 7) is 4.66. The van der Waals surface area contributed by atoms with Gasteiger partial charge in [0.1, 0.15) is 17.5 Å². The van der Waals surface area contributed by atoms with E-state index in [2.05, 4.69) is 5.32 Å². The molecule has 0 bridgehead atoms. The SMILES string of the molecule is COC(=O)C(Cc1ccc(OCCCN(C(=O)C(C)C)c2ccccc2OC)cc1)Nc1ccccc1C(=O)c1ccccc1. The lowest BCUT2D eigenvalue weighted by atomic mass is 10.00. The Morgan fingerprint density at radius 2 is 1.47 bits per heavy atom. The van der Waals surface area contributed by atoms with Crippen molar-refractivity contribution in [1.82, 2.24) is 0 Å². The molecule has 0 spiro atoms. The molecule has 8 heteroatoms. The van der Waals surface area contributed by atoms with Gasteiger partial charge in [-0.2, -0.15) is 0 Å². The fourth-order valence-corrected chi connectivity index (χ4v) is 4.96. The third kappa shape index (κ3) is 8.72. The molecule has 4 aromatic carbocycles. The van der Waals surface area contributed by atoms with E-state index in [-0.39, 0.29) is 17.6 Å². The van der Waals surface area contributed by atoms with Crippen molar-refractivity contribution < 1.29 is 28.6 Å². The van der Waals surface area contributed by atoms with Gasteiger partial charge in [0, 0.05) is 35.7 Å². The van der Waals surface area contributed by atoms with E-state index in [9.17, 15) is 14.4 Å². The molecule has 1 N–H and O–H groups in total. The molecule has 0 heterocycles. The molecule has 1 unspecified atom stereocenters. The minimum absolute atomic E-state index is 0.0182. The van der Waals surface area contributed by atoms with Crippen LogP contribution in [0.2, 0.25) is 0 Å². The Bertz CT molecular complexity index is 1570. The number of amides is 1. The monoisotopic (exact) mass is 608 g/mol. The van der Waals surface area contributed by atoms with Crippen LogP contribution in [0.4, 0.5) is 11.4 Å². The summed E-state index contributed by atoms with van der Waals surface area (Å²) in [6, 6.07) is 30.5. The van der Waals surface area contributed by atoms with Crippen LogP contribution in [0.5, 0.6) is 11.5 Å². The van der Waals surface area contributed by atoms with Gasteiger partial charge in [0.05, 0.1) is 26.5 Å². The number of esters is 1. The van der Waals surface area contributed by atoms with E-state index in [1.165, 1.54) is 7.11 Å². The van der Waals surface area contributed by atoms with E-state index < -0.39 is 12.0 Å². The van der Waals surface area contributed by atoms with Crippen LogP contribution in [0, 0.1) is 5.92 Å². The number of para-hydroxylation sites is 3. The van der Waals surface area contributed by atoms with Crippen molar-refractivity contribution in [3.8, 4) is 11.5 Å². The number of hydrogen-bond acceptors (Lipinski definition) is 7. The highest BCUT2D eigenvalue weighted by molar-refractivity contribution is 6.12. The van der Waals surface area contributed by atoms with Gasteiger partial charge in [0.15, 0.2) is 5.78 Å². The predicted octanol–water partition coefficient (Wildman–Crippen LogP) is 6.58. The van der Waals surface area contributed by atoms with Crippen LogP contribution in [-0.2, 0) is 20.7 Å². The van der Waals surface area contributed by atoms with Crippen LogP contribution in [0.1, 0.15) is 41.8 Å². The zero-order chi connectivity index (χ0) is 32.2. The molecule has 1 atom stereocenters. The van der Waals surface area contributed by atoms with Crippen molar-refractivity contribution in [1.29, 1.82) is 0 Å². The Morgan fingerprint density at radius 1 is 0.800 bits per heavy atom. The van der Waals surface area contributed by atoms with E-state index >= 15 is 0 Å². The van der Waals surface area contributed by atoms with Gasteiger partial charge in [0.25, 0.3) is 0 Å². The third-order valence-corrected chi connectivity index (χ3v) is 7.32. The summed E-state index contributed by atoms with van der Waals surface area (Å²) in [4.78, 5) is 40.7. The van der Waals surface area contributed by atoms with Crippen LogP contribution in [0.15, 0.2) is 103 Å². The van der Waals surface area contributed by atoms with Crippen LogP contribution in [0.25, 0.3) is 0 Å². The predicted molar refractivity (Wildman–Crippen MR) is 176 cm³/mol. The maximum absolute atomic E-state index is 13.2. The molecule has 1 amide bonds. The number of nitrogens with one attached hydrogen (secondary N) is 1. The zero-order valence-corrected chi connectivity index (χ0v) is 26.2. The summed E-state index contributed by atoms with van der Waals surface area (Å²) in [5.74, 6) is 0.610. The van der Waals surface area contributed by atoms with E-state index in [0.717, 1.165) is 11.3 Å². The largest absolute Gasteiger partial charge is 0.495 e. The Hall–Kier alpha value is -5.11. The second-order valence-corrected chi connectivity index (χ2v) is 10.8. The van der Waals surface area contributed by atoms with Gasteiger partial charge in [-0.25, -0.2) is 4.79 Å². The Balaban J connectivity index is 1.38. The Labute approximate surface area is 264 Å². The van der Waals surface area contributed by atoms with Crippen LogP contribution < -0.4 is 19.7 Å². The van der Waals surface area contributed by atoms with Crippen molar-refractivity contribution in [3.63, 3.8) is 0 Å². The first-order chi connectivity index (χ1) is 21.8. The molecule has 0 fully saturated rings. The van der Waals surface area contributed by atoms with Crippen molar-refractivity contribution in [2.45, 2.75) is 32.7 Å². The molecular formula is C37H40N2O6. The highest BCUT2D eigenvalue weighted by atomic mass is 16.5. The standard InChI is InChI=1S/C37H40N2O6/c1-26(2)36(41)39(33-17-10-11-18-34(33)43-3)23-12-24-45-29-21-19-27(20-22-29)25-32(37(42)44-4)38-31-16-9-8-15-30(31)35(40)28-13-6-5-7-14-28/h5-11,13-22,26,32,38H,12,23-25H2,1-4H3. The van der Waals surface area contributed by atoms with E-state index in [4.69, 9.17) is 14.2 Å². The van der Waals surface area contributed by atoms with Crippen molar-refractivity contribution in [3.05, 3.63) is 120 Å². The maximum Gasteiger partial charge on any atom is 0.328 e. The maximum atomic E-state index is 13.2. The lowest BCUT2D eigenvalue weighted by molar-refractivity contribution is -0.141. The van der Waals surface area contributed by atoms with Crippen molar-refractivity contribution in [2.75, 3.05) is 37.6 Å². The number of benzene rings is 4. The molecule has 8 nitrogen and oxygen atoms in total. The second kappa shape index (κ2) is 16.1. The Kier molecular flexibility index (Phi) is 11.7. The molecule has 0 aromatic heterocycles. The van der Waals surface area contributed by atoms with Crippen LogP contribution in [-0.4, -0.2) is 51.1 Å².